The Labute approximate surface area is 102 Å². The molecule has 96 valence electrons. The zero-order valence-corrected chi connectivity index (χ0v) is 11.7. The minimum Gasteiger partial charge on any atom is -0.316 e. The lowest BCUT2D eigenvalue weighted by Crippen LogP contribution is -2.41. The van der Waals surface area contributed by atoms with Crippen molar-refractivity contribution in [3.63, 3.8) is 0 Å². The number of rotatable bonds is 9. The molecule has 0 aromatic rings. The van der Waals surface area contributed by atoms with Crippen molar-refractivity contribution >= 4 is 0 Å². The van der Waals surface area contributed by atoms with Crippen LogP contribution < -0.4 is 5.32 Å². The molecule has 1 aliphatic carbocycles. The highest BCUT2D eigenvalue weighted by Crippen LogP contribution is 2.30. The van der Waals surface area contributed by atoms with Crippen LogP contribution in [-0.4, -0.2) is 38.1 Å². The Kier molecular flexibility index (Phi) is 5.77. The van der Waals surface area contributed by atoms with Gasteiger partial charge in [0.1, 0.15) is 0 Å². The maximum Gasteiger partial charge on any atom is 0.00444 e. The van der Waals surface area contributed by atoms with Gasteiger partial charge >= 0.3 is 0 Å². The number of hydrogen-bond acceptors (Lipinski definition) is 2. The van der Waals surface area contributed by atoms with Crippen LogP contribution in [0.25, 0.3) is 0 Å². The summed E-state index contributed by atoms with van der Waals surface area (Å²) in [5.41, 5.74) is 0.443. The molecule has 1 aliphatic rings. The van der Waals surface area contributed by atoms with Crippen LogP contribution in [0, 0.1) is 11.3 Å². The largest absolute Gasteiger partial charge is 0.316 e. The van der Waals surface area contributed by atoms with Crippen molar-refractivity contribution in [3.8, 4) is 0 Å². The van der Waals surface area contributed by atoms with Crippen molar-refractivity contribution in [2.45, 2.75) is 46.5 Å². The highest BCUT2D eigenvalue weighted by molar-refractivity contribution is 4.82. The third-order valence-corrected chi connectivity index (χ3v) is 3.75. The van der Waals surface area contributed by atoms with Gasteiger partial charge in [-0.1, -0.05) is 20.8 Å². The van der Waals surface area contributed by atoms with Crippen LogP contribution in [0.4, 0.5) is 0 Å². The van der Waals surface area contributed by atoms with E-state index in [1.54, 1.807) is 0 Å². The SMILES string of the molecule is CCCNCC(C)(CC)CN(C)CC1CC1. The van der Waals surface area contributed by atoms with Crippen molar-refractivity contribution in [1.29, 1.82) is 0 Å². The first-order valence-corrected chi connectivity index (χ1v) is 6.99. The van der Waals surface area contributed by atoms with Crippen molar-refractivity contribution in [2.24, 2.45) is 11.3 Å². The second-order valence-corrected chi connectivity index (χ2v) is 5.98. The summed E-state index contributed by atoms with van der Waals surface area (Å²) in [7, 11) is 2.28. The van der Waals surface area contributed by atoms with Gasteiger partial charge in [0, 0.05) is 19.6 Å². The van der Waals surface area contributed by atoms with E-state index in [1.807, 2.05) is 0 Å². The third kappa shape index (κ3) is 5.31. The Morgan fingerprint density at radius 1 is 1.31 bits per heavy atom. The summed E-state index contributed by atoms with van der Waals surface area (Å²) in [6.07, 6.45) is 5.42. The van der Waals surface area contributed by atoms with E-state index in [4.69, 9.17) is 0 Å². The predicted octanol–water partition coefficient (Wildman–Crippen LogP) is 2.74. The maximum absolute atomic E-state index is 3.57. The van der Waals surface area contributed by atoms with Gasteiger partial charge in [-0.2, -0.15) is 0 Å². The van der Waals surface area contributed by atoms with Crippen LogP contribution in [0.3, 0.4) is 0 Å². The van der Waals surface area contributed by atoms with Crippen LogP contribution in [0.5, 0.6) is 0 Å². The second-order valence-electron chi connectivity index (χ2n) is 5.98. The predicted molar refractivity (Wildman–Crippen MR) is 71.8 cm³/mol. The molecule has 1 fully saturated rings. The van der Waals surface area contributed by atoms with Crippen LogP contribution in [0.2, 0.25) is 0 Å². The molecule has 0 aliphatic heterocycles. The van der Waals surface area contributed by atoms with Crippen molar-refractivity contribution < 1.29 is 0 Å². The first kappa shape index (κ1) is 14.0. The molecule has 0 heterocycles. The molecule has 0 aromatic carbocycles. The molecule has 1 atom stereocenters. The van der Waals surface area contributed by atoms with Gasteiger partial charge in [-0.3, -0.25) is 0 Å². The van der Waals surface area contributed by atoms with Gasteiger partial charge in [0.25, 0.3) is 0 Å². The molecule has 0 amide bonds. The van der Waals surface area contributed by atoms with E-state index in [0.29, 0.717) is 5.41 Å². The van der Waals surface area contributed by atoms with E-state index in [9.17, 15) is 0 Å². The topological polar surface area (TPSA) is 15.3 Å². The van der Waals surface area contributed by atoms with Gasteiger partial charge in [0.2, 0.25) is 0 Å². The molecule has 1 rings (SSSR count). The number of nitrogens with one attached hydrogen (secondary N) is 1. The van der Waals surface area contributed by atoms with Gasteiger partial charge in [-0.25, -0.2) is 0 Å². The Balaban J connectivity index is 2.25. The molecule has 2 nitrogen and oxygen atoms in total. The lowest BCUT2D eigenvalue weighted by Gasteiger charge is -2.33. The Bertz CT molecular complexity index is 189. The van der Waals surface area contributed by atoms with Gasteiger partial charge in [0.15, 0.2) is 0 Å². The molecule has 1 saturated carbocycles. The van der Waals surface area contributed by atoms with Crippen LogP contribution in [-0.2, 0) is 0 Å². The highest BCUT2D eigenvalue weighted by Gasteiger charge is 2.27. The summed E-state index contributed by atoms with van der Waals surface area (Å²) in [5, 5.41) is 3.57. The lowest BCUT2D eigenvalue weighted by molar-refractivity contribution is 0.176. The van der Waals surface area contributed by atoms with E-state index < -0.39 is 0 Å². The van der Waals surface area contributed by atoms with Crippen LogP contribution >= 0.6 is 0 Å². The molecule has 0 saturated heterocycles. The van der Waals surface area contributed by atoms with Gasteiger partial charge in [-0.05, 0) is 50.6 Å². The molecule has 0 radical (unpaired) electrons. The Morgan fingerprint density at radius 2 is 2.00 bits per heavy atom. The monoisotopic (exact) mass is 226 g/mol. The molecular formula is C14H30N2. The molecule has 0 bridgehead atoms. The van der Waals surface area contributed by atoms with E-state index in [-0.39, 0.29) is 0 Å². The van der Waals surface area contributed by atoms with E-state index in [1.165, 1.54) is 38.8 Å². The fourth-order valence-corrected chi connectivity index (χ4v) is 2.32. The van der Waals surface area contributed by atoms with E-state index in [0.717, 1.165) is 19.0 Å². The first-order chi connectivity index (χ1) is 7.59. The van der Waals surface area contributed by atoms with Crippen LogP contribution in [0.1, 0.15) is 46.5 Å². The summed E-state index contributed by atoms with van der Waals surface area (Å²) in [4.78, 5) is 2.54. The first-order valence-electron chi connectivity index (χ1n) is 6.99. The summed E-state index contributed by atoms with van der Waals surface area (Å²) < 4.78 is 0. The summed E-state index contributed by atoms with van der Waals surface area (Å²) in [5.74, 6) is 1.01. The van der Waals surface area contributed by atoms with E-state index >= 15 is 0 Å². The van der Waals surface area contributed by atoms with E-state index in [2.05, 4.69) is 38.0 Å². The summed E-state index contributed by atoms with van der Waals surface area (Å²) in [6, 6.07) is 0. The second kappa shape index (κ2) is 6.61. The van der Waals surface area contributed by atoms with Gasteiger partial charge in [-0.15, -0.1) is 0 Å². The Morgan fingerprint density at radius 3 is 2.50 bits per heavy atom. The molecular weight excluding hydrogens is 196 g/mol. The van der Waals surface area contributed by atoms with Crippen molar-refractivity contribution in [1.82, 2.24) is 10.2 Å². The molecule has 0 aromatic heterocycles. The van der Waals surface area contributed by atoms with Crippen LogP contribution in [0.15, 0.2) is 0 Å². The van der Waals surface area contributed by atoms with Crippen molar-refractivity contribution in [2.75, 3.05) is 33.2 Å². The smallest absolute Gasteiger partial charge is 0.00444 e. The summed E-state index contributed by atoms with van der Waals surface area (Å²) in [6.45, 7) is 11.8. The molecule has 1 N–H and O–H groups in total. The number of nitrogens with zero attached hydrogens (tertiary/aromatic N) is 1. The maximum atomic E-state index is 3.57. The normalized spacial score (nSPS) is 20.1. The number of hydrogen-bond donors (Lipinski definition) is 1. The standard InChI is InChI=1S/C14H30N2/c1-5-9-15-11-14(3,6-2)12-16(4)10-13-7-8-13/h13,15H,5-12H2,1-4H3. The third-order valence-electron chi connectivity index (χ3n) is 3.75. The Hall–Kier alpha value is -0.0800. The lowest BCUT2D eigenvalue weighted by atomic mass is 9.86. The fourth-order valence-electron chi connectivity index (χ4n) is 2.32. The molecule has 2 heteroatoms. The summed E-state index contributed by atoms with van der Waals surface area (Å²) >= 11 is 0. The van der Waals surface area contributed by atoms with Gasteiger partial charge < -0.3 is 10.2 Å². The molecule has 1 unspecified atom stereocenters. The fraction of sp³-hybridized carbons (Fsp3) is 1.00. The quantitative estimate of drug-likeness (QED) is 0.608. The zero-order valence-electron chi connectivity index (χ0n) is 11.7. The van der Waals surface area contributed by atoms with Crippen molar-refractivity contribution in [3.05, 3.63) is 0 Å². The minimum atomic E-state index is 0.443. The zero-order chi connectivity index (χ0) is 12.0. The molecule has 0 spiro atoms. The average molecular weight is 226 g/mol. The highest BCUT2D eigenvalue weighted by atomic mass is 15.1. The van der Waals surface area contributed by atoms with Gasteiger partial charge in [0.05, 0.1) is 0 Å². The average Bonchev–Trinajstić information content (AvgIpc) is 3.02. The minimum absolute atomic E-state index is 0.443. The molecule has 16 heavy (non-hydrogen) atoms.